The molecule has 7 nitrogen and oxygen atoms in total. The lowest BCUT2D eigenvalue weighted by molar-refractivity contribution is 0.0525. The summed E-state index contributed by atoms with van der Waals surface area (Å²) < 4.78 is 24.5. The minimum absolute atomic E-state index is 0.202. The van der Waals surface area contributed by atoms with Crippen molar-refractivity contribution in [2.24, 2.45) is 0 Å². The Bertz CT molecular complexity index is 1100. The molecule has 1 aliphatic rings. The standard InChI is InChI=1S/C27H29FN4O3/c1-2-34-26(33)22-18-29-27(30-19-22)32-16-14-31(15-17-32)20-25(11-8-21-6-4-3-5-7-21)35-24-12-9-23(28)10-13-24/h3-13,18-19,25H,2,14-17,20H2,1H3/b11-8+. The number of hydrogen-bond acceptors (Lipinski definition) is 7. The van der Waals surface area contributed by atoms with Gasteiger partial charge in [0.1, 0.15) is 17.7 Å². The van der Waals surface area contributed by atoms with Crippen molar-refractivity contribution in [2.45, 2.75) is 13.0 Å². The molecule has 8 heteroatoms. The molecule has 182 valence electrons. The minimum atomic E-state index is -0.417. The number of piperazine rings is 1. The van der Waals surface area contributed by atoms with Crippen LogP contribution in [0, 0.1) is 5.82 Å². The van der Waals surface area contributed by atoms with Gasteiger partial charge in [-0.05, 0) is 42.8 Å². The average Bonchev–Trinajstić information content (AvgIpc) is 2.90. The Morgan fingerprint density at radius 2 is 1.71 bits per heavy atom. The number of nitrogens with zero attached hydrogens (tertiary/aromatic N) is 4. The van der Waals surface area contributed by atoms with Crippen molar-refractivity contribution in [3.8, 4) is 5.75 Å². The van der Waals surface area contributed by atoms with Gasteiger partial charge in [0.15, 0.2) is 0 Å². The number of anilines is 1. The summed E-state index contributed by atoms with van der Waals surface area (Å²) in [5.74, 6) is 0.519. The first-order valence-electron chi connectivity index (χ1n) is 11.7. The van der Waals surface area contributed by atoms with Gasteiger partial charge in [-0.1, -0.05) is 36.4 Å². The molecule has 1 atom stereocenters. The molecule has 0 spiro atoms. The lowest BCUT2D eigenvalue weighted by atomic mass is 10.1. The van der Waals surface area contributed by atoms with E-state index in [2.05, 4.69) is 19.8 Å². The molecule has 1 fully saturated rings. The van der Waals surface area contributed by atoms with Crippen LogP contribution in [0.15, 0.2) is 73.1 Å². The summed E-state index contributed by atoms with van der Waals surface area (Å²) >= 11 is 0. The van der Waals surface area contributed by atoms with Gasteiger partial charge >= 0.3 is 5.97 Å². The number of carbonyl (C=O) groups is 1. The maximum absolute atomic E-state index is 13.3. The molecule has 1 aliphatic heterocycles. The Morgan fingerprint density at radius 3 is 2.37 bits per heavy atom. The van der Waals surface area contributed by atoms with Crippen LogP contribution in [-0.4, -0.2) is 66.3 Å². The van der Waals surface area contributed by atoms with Gasteiger partial charge in [-0.3, -0.25) is 4.90 Å². The number of aromatic nitrogens is 2. The SMILES string of the molecule is CCOC(=O)c1cnc(N2CCN(CC(/C=C/c3ccccc3)Oc3ccc(F)cc3)CC2)nc1. The number of hydrogen-bond donors (Lipinski definition) is 0. The summed E-state index contributed by atoms with van der Waals surface area (Å²) in [6, 6.07) is 16.2. The van der Waals surface area contributed by atoms with Crippen molar-refractivity contribution in [1.82, 2.24) is 14.9 Å². The highest BCUT2D eigenvalue weighted by Crippen LogP contribution is 2.17. The highest BCUT2D eigenvalue weighted by atomic mass is 19.1. The number of rotatable bonds is 9. The van der Waals surface area contributed by atoms with Crippen LogP contribution in [-0.2, 0) is 4.74 Å². The first-order chi connectivity index (χ1) is 17.1. The van der Waals surface area contributed by atoms with E-state index in [1.165, 1.54) is 24.5 Å². The predicted octanol–water partition coefficient (Wildman–Crippen LogP) is 4.08. The quantitative estimate of drug-likeness (QED) is 0.431. The summed E-state index contributed by atoms with van der Waals surface area (Å²) in [5.41, 5.74) is 1.44. The van der Waals surface area contributed by atoms with Crippen LogP contribution in [0.25, 0.3) is 6.08 Å². The molecule has 0 saturated carbocycles. The highest BCUT2D eigenvalue weighted by Gasteiger charge is 2.22. The fourth-order valence-electron chi connectivity index (χ4n) is 3.80. The normalized spacial score (nSPS) is 15.2. The van der Waals surface area contributed by atoms with E-state index in [1.807, 2.05) is 42.5 Å². The maximum Gasteiger partial charge on any atom is 0.341 e. The van der Waals surface area contributed by atoms with Gasteiger partial charge in [0.05, 0.1) is 12.2 Å². The van der Waals surface area contributed by atoms with E-state index in [0.717, 1.165) is 31.7 Å². The number of benzene rings is 2. The first-order valence-corrected chi connectivity index (χ1v) is 11.7. The zero-order valence-electron chi connectivity index (χ0n) is 19.7. The van der Waals surface area contributed by atoms with Crippen LogP contribution in [0.2, 0.25) is 0 Å². The molecule has 0 amide bonds. The zero-order chi connectivity index (χ0) is 24.5. The van der Waals surface area contributed by atoms with Crippen molar-refractivity contribution < 1.29 is 18.7 Å². The Morgan fingerprint density at radius 1 is 1.03 bits per heavy atom. The number of carbonyl (C=O) groups excluding carboxylic acids is 1. The second-order valence-electron chi connectivity index (χ2n) is 8.16. The molecule has 1 saturated heterocycles. The van der Waals surface area contributed by atoms with E-state index in [4.69, 9.17) is 9.47 Å². The van der Waals surface area contributed by atoms with Crippen molar-refractivity contribution in [3.63, 3.8) is 0 Å². The Kier molecular flexibility index (Phi) is 8.40. The van der Waals surface area contributed by atoms with Crippen LogP contribution in [0.4, 0.5) is 10.3 Å². The topological polar surface area (TPSA) is 67.8 Å². The largest absolute Gasteiger partial charge is 0.485 e. The van der Waals surface area contributed by atoms with E-state index in [-0.39, 0.29) is 11.9 Å². The molecule has 3 aromatic rings. The second-order valence-corrected chi connectivity index (χ2v) is 8.16. The van der Waals surface area contributed by atoms with Crippen molar-refractivity contribution in [1.29, 1.82) is 0 Å². The number of halogens is 1. The summed E-state index contributed by atoms with van der Waals surface area (Å²) in [4.78, 5) is 24.9. The molecular weight excluding hydrogens is 447 g/mol. The van der Waals surface area contributed by atoms with Crippen molar-refractivity contribution in [2.75, 3.05) is 44.2 Å². The summed E-state index contributed by atoms with van der Waals surface area (Å²) in [7, 11) is 0. The minimum Gasteiger partial charge on any atom is -0.485 e. The van der Waals surface area contributed by atoms with E-state index < -0.39 is 5.97 Å². The van der Waals surface area contributed by atoms with Gasteiger partial charge in [-0.2, -0.15) is 0 Å². The molecule has 35 heavy (non-hydrogen) atoms. The van der Waals surface area contributed by atoms with Gasteiger partial charge in [0.25, 0.3) is 0 Å². The van der Waals surface area contributed by atoms with Gasteiger partial charge in [0, 0.05) is 45.1 Å². The van der Waals surface area contributed by atoms with Crippen LogP contribution in [0.5, 0.6) is 5.75 Å². The lowest BCUT2D eigenvalue weighted by Gasteiger charge is -2.36. The van der Waals surface area contributed by atoms with Gasteiger partial charge in [-0.15, -0.1) is 0 Å². The smallest absolute Gasteiger partial charge is 0.341 e. The number of ether oxygens (including phenoxy) is 2. The predicted molar refractivity (Wildman–Crippen MR) is 133 cm³/mol. The monoisotopic (exact) mass is 476 g/mol. The molecule has 1 unspecified atom stereocenters. The molecular formula is C27H29FN4O3. The average molecular weight is 477 g/mol. The van der Waals surface area contributed by atoms with Crippen LogP contribution in [0.3, 0.4) is 0 Å². The third-order valence-corrected chi connectivity index (χ3v) is 5.65. The summed E-state index contributed by atoms with van der Waals surface area (Å²) in [6.45, 7) is 5.90. The molecule has 0 aliphatic carbocycles. The fraction of sp³-hybridized carbons (Fsp3) is 0.296. The molecule has 1 aromatic heterocycles. The first kappa shape index (κ1) is 24.3. The summed E-state index contributed by atoms with van der Waals surface area (Å²) in [6.07, 6.45) is 6.90. The van der Waals surface area contributed by atoms with Gasteiger partial charge in [-0.25, -0.2) is 19.2 Å². The van der Waals surface area contributed by atoms with E-state index >= 15 is 0 Å². The van der Waals surface area contributed by atoms with Crippen LogP contribution >= 0.6 is 0 Å². The third-order valence-electron chi connectivity index (χ3n) is 5.65. The lowest BCUT2D eigenvalue weighted by Crippen LogP contribution is -2.49. The van der Waals surface area contributed by atoms with Crippen molar-refractivity contribution in [3.05, 3.63) is 90.0 Å². The summed E-state index contributed by atoms with van der Waals surface area (Å²) in [5, 5.41) is 0. The third kappa shape index (κ3) is 7.10. The van der Waals surface area contributed by atoms with E-state index in [1.54, 1.807) is 19.1 Å². The molecule has 0 radical (unpaired) electrons. The highest BCUT2D eigenvalue weighted by molar-refractivity contribution is 5.88. The van der Waals surface area contributed by atoms with Gasteiger partial charge in [0.2, 0.25) is 5.95 Å². The van der Waals surface area contributed by atoms with Gasteiger partial charge < -0.3 is 14.4 Å². The zero-order valence-corrected chi connectivity index (χ0v) is 19.7. The molecule has 2 aromatic carbocycles. The van der Waals surface area contributed by atoms with E-state index in [0.29, 0.717) is 30.4 Å². The molecule has 0 bridgehead atoms. The maximum atomic E-state index is 13.3. The Balaban J connectivity index is 1.36. The van der Waals surface area contributed by atoms with Crippen LogP contribution < -0.4 is 9.64 Å². The molecule has 4 rings (SSSR count). The fourth-order valence-corrected chi connectivity index (χ4v) is 3.80. The number of esters is 1. The van der Waals surface area contributed by atoms with E-state index in [9.17, 15) is 9.18 Å². The molecule has 0 N–H and O–H groups in total. The Labute approximate surface area is 204 Å². The van der Waals surface area contributed by atoms with Crippen molar-refractivity contribution >= 4 is 18.0 Å². The second kappa shape index (κ2) is 12.1. The Hall–Kier alpha value is -3.78. The van der Waals surface area contributed by atoms with Crippen LogP contribution in [0.1, 0.15) is 22.8 Å². The molecule has 2 heterocycles.